The molecule has 122 valence electrons. The number of H-pyrrole nitrogens is 1. The summed E-state index contributed by atoms with van der Waals surface area (Å²) in [5, 5.41) is 0. The third-order valence-corrected chi connectivity index (χ3v) is 5.31. The summed E-state index contributed by atoms with van der Waals surface area (Å²) in [6.07, 6.45) is 8.32. The molecule has 0 aliphatic carbocycles. The summed E-state index contributed by atoms with van der Waals surface area (Å²) in [5.41, 5.74) is 0.818. The molecule has 0 atom stereocenters. The lowest BCUT2D eigenvalue weighted by molar-refractivity contribution is 0.515. The molecule has 0 saturated carbocycles. The Bertz CT molecular complexity index is 702. The molecule has 0 fully saturated rings. The quantitative estimate of drug-likeness (QED) is 0.797. The number of rotatable bonds is 8. The summed E-state index contributed by atoms with van der Waals surface area (Å²) in [4.78, 5) is 11.9. The van der Waals surface area contributed by atoms with Crippen LogP contribution in [0.2, 0.25) is 0 Å². The number of imidazole rings is 2. The highest BCUT2D eigenvalue weighted by Crippen LogP contribution is 2.16. The number of aromatic nitrogens is 4. The summed E-state index contributed by atoms with van der Waals surface area (Å²) in [5.74, 6) is 1.69. The second-order valence-electron chi connectivity index (χ2n) is 5.39. The average molecular weight is 325 g/mol. The maximum absolute atomic E-state index is 11.9. The Morgan fingerprint density at radius 2 is 2.09 bits per heavy atom. The molecule has 2 rings (SSSR count). The zero-order valence-electron chi connectivity index (χ0n) is 13.3. The van der Waals surface area contributed by atoms with Crippen molar-refractivity contribution >= 4 is 10.0 Å². The van der Waals surface area contributed by atoms with E-state index in [4.69, 9.17) is 0 Å². The molecule has 2 aromatic heterocycles. The lowest BCUT2D eigenvalue weighted by Gasteiger charge is -2.12. The number of hydrogen-bond acceptors (Lipinski definition) is 4. The number of hydrogen-bond donors (Lipinski definition) is 1. The number of aromatic amines is 1. The van der Waals surface area contributed by atoms with Crippen LogP contribution >= 0.6 is 0 Å². The first-order valence-corrected chi connectivity index (χ1v) is 9.00. The highest BCUT2D eigenvalue weighted by Gasteiger charge is 2.15. The van der Waals surface area contributed by atoms with Gasteiger partial charge in [-0.25, -0.2) is 22.7 Å². The zero-order valence-corrected chi connectivity index (χ0v) is 14.1. The van der Waals surface area contributed by atoms with Gasteiger partial charge in [0.1, 0.15) is 11.5 Å². The van der Waals surface area contributed by atoms with Crippen LogP contribution in [0, 0.1) is 0 Å². The highest BCUT2D eigenvalue weighted by atomic mass is 32.2. The fourth-order valence-corrected chi connectivity index (χ4v) is 2.87. The van der Waals surface area contributed by atoms with Gasteiger partial charge in [0.2, 0.25) is 10.0 Å². The van der Waals surface area contributed by atoms with Crippen molar-refractivity contribution in [1.29, 1.82) is 0 Å². The van der Waals surface area contributed by atoms with E-state index in [9.17, 15) is 8.42 Å². The maximum atomic E-state index is 11.9. The topological polar surface area (TPSA) is 83.9 Å². The van der Waals surface area contributed by atoms with E-state index in [1.165, 1.54) is 4.31 Å². The monoisotopic (exact) mass is 325 g/mol. The summed E-state index contributed by atoms with van der Waals surface area (Å²) >= 11 is 0. The molecule has 0 aromatic carbocycles. The second-order valence-corrected chi connectivity index (χ2v) is 7.69. The molecule has 0 spiro atoms. The summed E-state index contributed by atoms with van der Waals surface area (Å²) < 4.78 is 26.8. The highest BCUT2D eigenvalue weighted by molar-refractivity contribution is 7.89. The van der Waals surface area contributed by atoms with Gasteiger partial charge < -0.3 is 9.55 Å². The Labute approximate surface area is 131 Å². The van der Waals surface area contributed by atoms with Crippen LogP contribution in [0.1, 0.15) is 25.6 Å². The fraction of sp³-hybridized carbons (Fsp3) is 0.571. The van der Waals surface area contributed by atoms with Crippen molar-refractivity contribution in [3.8, 4) is 11.5 Å². The SMILES string of the molecule is CCCCc1ncc(-c2nccn2CCS(=O)(=O)N(C)C)[nH]1. The molecule has 0 amide bonds. The molecule has 22 heavy (non-hydrogen) atoms. The van der Waals surface area contributed by atoms with Crippen molar-refractivity contribution in [2.24, 2.45) is 0 Å². The van der Waals surface area contributed by atoms with Crippen molar-refractivity contribution in [1.82, 2.24) is 23.8 Å². The lowest BCUT2D eigenvalue weighted by atomic mass is 10.2. The number of nitrogens with one attached hydrogen (secondary N) is 1. The maximum Gasteiger partial charge on any atom is 0.215 e. The first-order valence-electron chi connectivity index (χ1n) is 7.39. The van der Waals surface area contributed by atoms with Crippen LogP contribution in [-0.4, -0.2) is 52.1 Å². The van der Waals surface area contributed by atoms with Gasteiger partial charge in [-0.15, -0.1) is 0 Å². The van der Waals surface area contributed by atoms with Crippen molar-refractivity contribution in [3.63, 3.8) is 0 Å². The average Bonchev–Trinajstić information content (AvgIpc) is 3.11. The van der Waals surface area contributed by atoms with Crippen LogP contribution in [0.4, 0.5) is 0 Å². The standard InChI is InChI=1S/C14H23N5O2S/c1-4-5-6-13-16-11-12(17-13)14-15-7-8-19(14)9-10-22(20,21)18(2)3/h7-8,11H,4-6,9-10H2,1-3H3,(H,16,17). The Morgan fingerprint density at radius 1 is 1.32 bits per heavy atom. The van der Waals surface area contributed by atoms with E-state index >= 15 is 0 Å². The first-order chi connectivity index (χ1) is 10.4. The van der Waals surface area contributed by atoms with E-state index < -0.39 is 10.0 Å². The van der Waals surface area contributed by atoms with E-state index in [0.717, 1.165) is 30.8 Å². The largest absolute Gasteiger partial charge is 0.339 e. The Hall–Kier alpha value is -1.67. The minimum Gasteiger partial charge on any atom is -0.339 e. The predicted octanol–water partition coefficient (Wildman–Crippen LogP) is 1.51. The molecule has 2 aromatic rings. The van der Waals surface area contributed by atoms with Gasteiger partial charge in [0.15, 0.2) is 5.82 Å². The molecule has 0 aliphatic heterocycles. The van der Waals surface area contributed by atoms with Crippen molar-refractivity contribution < 1.29 is 8.42 Å². The fourth-order valence-electron chi connectivity index (χ4n) is 2.08. The molecule has 0 saturated heterocycles. The van der Waals surface area contributed by atoms with E-state index in [0.29, 0.717) is 12.4 Å². The van der Waals surface area contributed by atoms with E-state index in [-0.39, 0.29) is 5.75 Å². The number of nitrogens with zero attached hydrogens (tertiary/aromatic N) is 4. The smallest absolute Gasteiger partial charge is 0.215 e. The van der Waals surface area contributed by atoms with Gasteiger partial charge >= 0.3 is 0 Å². The van der Waals surface area contributed by atoms with Crippen LogP contribution < -0.4 is 0 Å². The van der Waals surface area contributed by atoms with Gasteiger partial charge in [0.25, 0.3) is 0 Å². The Balaban J connectivity index is 2.11. The predicted molar refractivity (Wildman–Crippen MR) is 85.9 cm³/mol. The molecule has 8 heteroatoms. The molecule has 0 aliphatic rings. The number of sulfonamides is 1. The van der Waals surface area contributed by atoms with Crippen LogP contribution in [0.3, 0.4) is 0 Å². The molecule has 7 nitrogen and oxygen atoms in total. The number of aryl methyl sites for hydroxylation is 2. The van der Waals surface area contributed by atoms with Crippen molar-refractivity contribution in [3.05, 3.63) is 24.4 Å². The van der Waals surface area contributed by atoms with Gasteiger partial charge in [-0.3, -0.25) is 0 Å². The van der Waals surface area contributed by atoms with Gasteiger partial charge in [0.05, 0.1) is 11.9 Å². The molecule has 0 bridgehead atoms. The van der Waals surface area contributed by atoms with Gasteiger partial charge in [-0.1, -0.05) is 13.3 Å². The molecule has 0 unspecified atom stereocenters. The van der Waals surface area contributed by atoms with Crippen LogP contribution in [0.15, 0.2) is 18.6 Å². The third-order valence-electron chi connectivity index (χ3n) is 3.50. The van der Waals surface area contributed by atoms with Crippen LogP contribution in [0.5, 0.6) is 0 Å². The van der Waals surface area contributed by atoms with Gasteiger partial charge in [-0.2, -0.15) is 0 Å². The van der Waals surface area contributed by atoms with Gasteiger partial charge in [-0.05, 0) is 6.42 Å². The van der Waals surface area contributed by atoms with Crippen LogP contribution in [-0.2, 0) is 23.0 Å². The molecule has 2 heterocycles. The second kappa shape index (κ2) is 7.06. The van der Waals surface area contributed by atoms with E-state index in [2.05, 4.69) is 21.9 Å². The van der Waals surface area contributed by atoms with Crippen LogP contribution in [0.25, 0.3) is 11.5 Å². The minimum atomic E-state index is -3.22. The van der Waals surface area contributed by atoms with Crippen molar-refractivity contribution in [2.45, 2.75) is 32.7 Å². The van der Waals surface area contributed by atoms with E-state index in [1.807, 2.05) is 4.57 Å². The molecular weight excluding hydrogens is 302 g/mol. The summed E-state index contributed by atoms with van der Waals surface area (Å²) in [6, 6.07) is 0. The third kappa shape index (κ3) is 3.95. The Kier molecular flexibility index (Phi) is 5.36. The summed E-state index contributed by atoms with van der Waals surface area (Å²) in [7, 11) is -0.140. The van der Waals surface area contributed by atoms with Gasteiger partial charge in [0, 0.05) is 39.5 Å². The lowest BCUT2D eigenvalue weighted by Crippen LogP contribution is -2.27. The van der Waals surface area contributed by atoms with E-state index in [1.54, 1.807) is 32.7 Å². The zero-order chi connectivity index (χ0) is 16.2. The molecule has 0 radical (unpaired) electrons. The number of unbranched alkanes of at least 4 members (excludes halogenated alkanes) is 1. The minimum absolute atomic E-state index is 0.0419. The first kappa shape index (κ1) is 16.7. The summed E-state index contributed by atoms with van der Waals surface area (Å²) in [6.45, 7) is 2.50. The normalized spacial score (nSPS) is 12.2. The Morgan fingerprint density at radius 3 is 2.77 bits per heavy atom. The molecular formula is C14H23N5O2S. The van der Waals surface area contributed by atoms with Crippen molar-refractivity contribution in [2.75, 3.05) is 19.8 Å². The molecule has 1 N–H and O–H groups in total.